The molecule has 1 rings (SSSR count). The van der Waals surface area contributed by atoms with Crippen molar-refractivity contribution in [3.05, 3.63) is 29.8 Å². The van der Waals surface area contributed by atoms with Crippen LogP contribution in [0.2, 0.25) is 0 Å². The fourth-order valence-electron chi connectivity index (χ4n) is 2.46. The van der Waals surface area contributed by atoms with E-state index in [2.05, 4.69) is 0 Å². The van der Waals surface area contributed by atoms with Crippen LogP contribution in [-0.4, -0.2) is 44.4 Å². The number of hydrogen-bond donors (Lipinski definition) is 4. The minimum atomic E-state index is -2.31. The van der Waals surface area contributed by atoms with Crippen molar-refractivity contribution in [3.8, 4) is 5.75 Å². The van der Waals surface area contributed by atoms with Crippen LogP contribution in [0, 0.1) is 5.92 Å². The van der Waals surface area contributed by atoms with Gasteiger partial charge in [0.1, 0.15) is 11.4 Å². The molecule has 0 amide bonds. The molecule has 2 atom stereocenters. The first kappa shape index (κ1) is 22.4. The van der Waals surface area contributed by atoms with Crippen LogP contribution in [0.25, 0.3) is 0 Å². The first-order valence-corrected chi connectivity index (χ1v) is 8.61. The third kappa shape index (κ3) is 6.90. The number of carbonyl (C=O) groups is 3. The quantitative estimate of drug-likeness (QED) is 0.375. The number of carboxylic acids is 2. The number of nitrogens with two attached hydrogens (primary N) is 1. The number of ether oxygens (including phenoxy) is 1. The van der Waals surface area contributed by atoms with E-state index in [1.54, 1.807) is 32.9 Å². The standard InChI is InChI=1S/C19H27NO7/c1-18(2,3)27-17(26)19(20,16(24)25)11-10-13(15(22)23)7-4-12-5-8-14(21)9-6-12/h5-6,8-9,13,21H,4,7,10-11,20H2,1-3H3,(H,22,23)(H,24,25). The van der Waals surface area contributed by atoms with Crippen LogP contribution >= 0.6 is 0 Å². The van der Waals surface area contributed by atoms with E-state index in [9.17, 15) is 29.7 Å². The van der Waals surface area contributed by atoms with Crippen molar-refractivity contribution in [1.82, 2.24) is 0 Å². The Hall–Kier alpha value is -2.61. The predicted octanol–water partition coefficient (Wildman–Crippen LogP) is 1.93. The molecule has 0 aliphatic rings. The van der Waals surface area contributed by atoms with Gasteiger partial charge in [0.2, 0.25) is 5.54 Å². The summed E-state index contributed by atoms with van der Waals surface area (Å²) in [4.78, 5) is 35.3. The van der Waals surface area contributed by atoms with Crippen LogP contribution < -0.4 is 5.73 Å². The van der Waals surface area contributed by atoms with E-state index in [0.717, 1.165) is 5.56 Å². The molecule has 8 heteroatoms. The van der Waals surface area contributed by atoms with Gasteiger partial charge in [0.25, 0.3) is 0 Å². The van der Waals surface area contributed by atoms with Gasteiger partial charge >= 0.3 is 17.9 Å². The van der Waals surface area contributed by atoms with E-state index in [-0.39, 0.29) is 25.0 Å². The van der Waals surface area contributed by atoms with Crippen molar-refractivity contribution >= 4 is 17.9 Å². The van der Waals surface area contributed by atoms with Gasteiger partial charge in [0.15, 0.2) is 0 Å². The van der Waals surface area contributed by atoms with E-state index < -0.39 is 35.0 Å². The van der Waals surface area contributed by atoms with Crippen molar-refractivity contribution in [2.24, 2.45) is 11.7 Å². The molecule has 0 spiro atoms. The highest BCUT2D eigenvalue weighted by Crippen LogP contribution is 2.23. The highest BCUT2D eigenvalue weighted by Gasteiger charge is 2.45. The van der Waals surface area contributed by atoms with Crippen LogP contribution in [-0.2, 0) is 25.5 Å². The molecule has 0 saturated carbocycles. The molecule has 5 N–H and O–H groups in total. The zero-order valence-electron chi connectivity index (χ0n) is 15.8. The van der Waals surface area contributed by atoms with E-state index in [0.29, 0.717) is 6.42 Å². The van der Waals surface area contributed by atoms with Crippen LogP contribution in [0.15, 0.2) is 24.3 Å². The number of aromatic hydroxyl groups is 1. The first-order chi connectivity index (χ1) is 12.3. The number of esters is 1. The lowest BCUT2D eigenvalue weighted by Crippen LogP contribution is -2.57. The topological polar surface area (TPSA) is 147 Å². The van der Waals surface area contributed by atoms with Gasteiger partial charge in [-0.05, 0) is 64.2 Å². The van der Waals surface area contributed by atoms with Crippen molar-refractivity contribution in [2.75, 3.05) is 0 Å². The Morgan fingerprint density at radius 2 is 1.63 bits per heavy atom. The molecule has 1 aromatic rings. The fraction of sp³-hybridized carbons (Fsp3) is 0.526. The van der Waals surface area contributed by atoms with Gasteiger partial charge in [0, 0.05) is 0 Å². The van der Waals surface area contributed by atoms with E-state index >= 15 is 0 Å². The lowest BCUT2D eigenvalue weighted by Gasteiger charge is -2.28. The summed E-state index contributed by atoms with van der Waals surface area (Å²) in [6.07, 6.45) is 0.220. The highest BCUT2D eigenvalue weighted by atomic mass is 16.6. The average molecular weight is 381 g/mol. The maximum atomic E-state index is 12.2. The summed E-state index contributed by atoms with van der Waals surface area (Å²) in [7, 11) is 0. The number of phenolic OH excluding ortho intramolecular Hbond substituents is 1. The number of carboxylic acid groups (broad SMARTS) is 2. The monoisotopic (exact) mass is 381 g/mol. The predicted molar refractivity (Wildman–Crippen MR) is 97.2 cm³/mol. The normalized spacial score (nSPS) is 14.8. The van der Waals surface area contributed by atoms with Crippen molar-refractivity contribution < 1.29 is 34.4 Å². The van der Waals surface area contributed by atoms with Crippen molar-refractivity contribution in [3.63, 3.8) is 0 Å². The van der Waals surface area contributed by atoms with Gasteiger partial charge in [-0.2, -0.15) is 0 Å². The average Bonchev–Trinajstić information content (AvgIpc) is 2.53. The second-order valence-corrected chi connectivity index (χ2v) is 7.56. The number of hydrogen-bond acceptors (Lipinski definition) is 6. The summed E-state index contributed by atoms with van der Waals surface area (Å²) in [5, 5.41) is 28.1. The molecule has 2 unspecified atom stereocenters. The lowest BCUT2D eigenvalue weighted by molar-refractivity contribution is -0.170. The fourth-order valence-corrected chi connectivity index (χ4v) is 2.46. The van der Waals surface area contributed by atoms with Crippen LogP contribution in [0.4, 0.5) is 0 Å². The van der Waals surface area contributed by atoms with E-state index in [4.69, 9.17) is 10.5 Å². The summed E-state index contributed by atoms with van der Waals surface area (Å²) < 4.78 is 5.08. The van der Waals surface area contributed by atoms with Gasteiger partial charge in [-0.15, -0.1) is 0 Å². The molecule has 0 radical (unpaired) electrons. The molecular formula is C19H27NO7. The maximum absolute atomic E-state index is 12.2. The molecule has 0 fully saturated rings. The third-order valence-corrected chi connectivity index (χ3v) is 4.10. The Labute approximate surface area is 157 Å². The molecule has 0 aromatic heterocycles. The molecule has 1 aromatic carbocycles. The zero-order chi connectivity index (χ0) is 20.8. The van der Waals surface area contributed by atoms with Crippen LogP contribution in [0.3, 0.4) is 0 Å². The molecular weight excluding hydrogens is 354 g/mol. The van der Waals surface area contributed by atoms with Crippen LogP contribution in [0.1, 0.15) is 45.6 Å². The molecule has 0 bridgehead atoms. The number of rotatable bonds is 9. The zero-order valence-corrected chi connectivity index (χ0v) is 15.8. The minimum absolute atomic E-state index is 0.0878. The van der Waals surface area contributed by atoms with E-state index in [1.165, 1.54) is 12.1 Å². The smallest absolute Gasteiger partial charge is 0.338 e. The highest BCUT2D eigenvalue weighted by molar-refractivity contribution is 6.03. The van der Waals surface area contributed by atoms with Crippen molar-refractivity contribution in [1.29, 1.82) is 0 Å². The Kier molecular flexibility index (Phi) is 7.36. The minimum Gasteiger partial charge on any atom is -0.508 e. The third-order valence-electron chi connectivity index (χ3n) is 4.10. The van der Waals surface area contributed by atoms with Crippen LogP contribution in [0.5, 0.6) is 5.75 Å². The molecule has 8 nitrogen and oxygen atoms in total. The second-order valence-electron chi connectivity index (χ2n) is 7.56. The number of carbonyl (C=O) groups excluding carboxylic acids is 1. The lowest BCUT2D eigenvalue weighted by atomic mass is 9.87. The van der Waals surface area contributed by atoms with Gasteiger partial charge in [-0.3, -0.25) is 4.79 Å². The largest absolute Gasteiger partial charge is 0.508 e. The molecule has 0 saturated heterocycles. The number of phenols is 1. The van der Waals surface area contributed by atoms with E-state index in [1.807, 2.05) is 0 Å². The van der Waals surface area contributed by atoms with Gasteiger partial charge in [-0.1, -0.05) is 12.1 Å². The number of aryl methyl sites for hydroxylation is 1. The molecule has 0 aliphatic carbocycles. The molecule has 27 heavy (non-hydrogen) atoms. The molecule has 0 aliphatic heterocycles. The summed E-state index contributed by atoms with van der Waals surface area (Å²) in [5.74, 6) is -4.50. The number of benzene rings is 1. The van der Waals surface area contributed by atoms with Crippen molar-refractivity contribution in [2.45, 2.75) is 57.6 Å². The first-order valence-electron chi connectivity index (χ1n) is 8.61. The SMILES string of the molecule is CC(C)(C)OC(=O)C(N)(CCC(CCc1ccc(O)cc1)C(=O)O)C(=O)O. The van der Waals surface area contributed by atoms with Gasteiger partial charge in [0.05, 0.1) is 5.92 Å². The maximum Gasteiger partial charge on any atom is 0.338 e. The Morgan fingerprint density at radius 1 is 1.07 bits per heavy atom. The van der Waals surface area contributed by atoms with Gasteiger partial charge in [-0.25, -0.2) is 9.59 Å². The number of aliphatic carboxylic acids is 2. The molecule has 0 heterocycles. The summed E-state index contributed by atoms with van der Waals surface area (Å²) in [6.45, 7) is 4.76. The van der Waals surface area contributed by atoms with Gasteiger partial charge < -0.3 is 25.8 Å². The second kappa shape index (κ2) is 8.85. The summed E-state index contributed by atoms with van der Waals surface area (Å²) in [6, 6.07) is 6.37. The summed E-state index contributed by atoms with van der Waals surface area (Å²) >= 11 is 0. The molecule has 150 valence electrons. The Morgan fingerprint density at radius 3 is 2.07 bits per heavy atom. The Balaban J connectivity index is 2.79. The Bertz CT molecular complexity index is 678. The summed E-state index contributed by atoms with van der Waals surface area (Å²) in [5.41, 5.74) is 3.39.